The first-order valence-electron chi connectivity index (χ1n) is 27.4. The summed E-state index contributed by atoms with van der Waals surface area (Å²) in [7, 11) is 0. The van der Waals surface area contributed by atoms with Gasteiger partial charge in [-0.2, -0.15) is 5.26 Å². The molecule has 0 bridgehead atoms. The number of hydrogen-bond acceptors (Lipinski definition) is 5. The normalized spacial score (nSPS) is 50.2. The molecule has 0 radical (unpaired) electrons. The van der Waals surface area contributed by atoms with Gasteiger partial charge in [0.2, 0.25) is 0 Å². The molecule has 19 atom stereocenters. The van der Waals surface area contributed by atoms with E-state index in [-0.39, 0.29) is 18.2 Å². The summed E-state index contributed by atoms with van der Waals surface area (Å²) >= 11 is 0. The van der Waals surface area contributed by atoms with Crippen LogP contribution in [-0.4, -0.2) is 30.7 Å². The molecule has 5 nitrogen and oxygen atoms in total. The van der Waals surface area contributed by atoms with E-state index < -0.39 is 0 Å². The minimum Gasteiger partial charge on any atom is -0.370 e. The van der Waals surface area contributed by atoms with Crippen molar-refractivity contribution >= 4 is 0 Å². The number of fused-ring (bicyclic) bond motifs is 11. The second-order valence-corrected chi connectivity index (χ2v) is 23.8. The molecule has 12 rings (SSSR count). The second kappa shape index (κ2) is 17.7. The van der Waals surface area contributed by atoms with Gasteiger partial charge in [-0.3, -0.25) is 16.0 Å². The lowest BCUT2D eigenvalue weighted by atomic mass is 9.45. The molecule has 62 heavy (non-hydrogen) atoms. The van der Waals surface area contributed by atoms with E-state index in [1.165, 1.54) is 173 Å². The number of ether oxygens (including phenoxy) is 1. The van der Waals surface area contributed by atoms with Gasteiger partial charge in [0.1, 0.15) is 0 Å². The van der Waals surface area contributed by atoms with Crippen LogP contribution in [0.15, 0.2) is 59.8 Å². The van der Waals surface area contributed by atoms with Gasteiger partial charge in [-0.15, -0.1) is 0 Å². The molecule has 12 aliphatic rings. The molecule has 3 N–H and O–H groups in total. The average molecular weight is 839 g/mol. The number of hydrogen-bond donors (Lipinski definition) is 3. The SMILES string of the molecule is N#CC1CC2C(C3CCCCC13)C1CCCCC1C21C2C=CC=CC2OC2CC(C3CCCC(C4=CCC(C5NC(C6=CCCC=C6)NC(C6CCCCC6)N5)CC4)C3)CCC21. The lowest BCUT2D eigenvalue weighted by Crippen LogP contribution is -2.71. The molecule has 19 unspecified atom stereocenters. The lowest BCUT2D eigenvalue weighted by Gasteiger charge is -2.63. The molecule has 2 saturated heterocycles. The highest BCUT2D eigenvalue weighted by Crippen LogP contribution is 2.75. The van der Waals surface area contributed by atoms with E-state index in [4.69, 9.17) is 4.74 Å². The highest BCUT2D eigenvalue weighted by atomic mass is 16.5. The number of nitriles is 1. The van der Waals surface area contributed by atoms with Crippen LogP contribution in [0.25, 0.3) is 0 Å². The van der Waals surface area contributed by atoms with Crippen LogP contribution in [0.5, 0.6) is 0 Å². The van der Waals surface area contributed by atoms with E-state index in [0.717, 1.165) is 53.3 Å². The Labute approximate surface area is 376 Å². The Morgan fingerprint density at radius 1 is 0.613 bits per heavy atom. The highest BCUT2D eigenvalue weighted by Gasteiger charge is 2.72. The molecular weight excluding hydrogens is 757 g/mol. The topological polar surface area (TPSA) is 69.1 Å². The minimum atomic E-state index is 0.235. The zero-order valence-corrected chi connectivity index (χ0v) is 38.3. The summed E-state index contributed by atoms with van der Waals surface area (Å²) in [6.45, 7) is 0. The van der Waals surface area contributed by atoms with E-state index in [0.29, 0.717) is 47.5 Å². The largest absolute Gasteiger partial charge is 0.370 e. The Morgan fingerprint density at radius 3 is 2.21 bits per heavy atom. The van der Waals surface area contributed by atoms with E-state index >= 15 is 0 Å². The zero-order chi connectivity index (χ0) is 41.2. The molecule has 336 valence electrons. The number of rotatable bonds is 5. The predicted molar refractivity (Wildman–Crippen MR) is 250 cm³/mol. The predicted octanol–water partition coefficient (Wildman–Crippen LogP) is 12.5. The molecule has 5 heteroatoms. The van der Waals surface area contributed by atoms with Crippen molar-refractivity contribution < 1.29 is 4.74 Å². The third kappa shape index (κ3) is 7.19. The van der Waals surface area contributed by atoms with Crippen molar-refractivity contribution in [3.63, 3.8) is 0 Å². The Balaban J connectivity index is 0.753. The van der Waals surface area contributed by atoms with Gasteiger partial charge in [0, 0.05) is 11.8 Å². The number of allylic oxidation sites excluding steroid dienone is 6. The maximum Gasteiger partial charge on any atom is 0.0856 e. The van der Waals surface area contributed by atoms with Gasteiger partial charge in [0.05, 0.1) is 36.8 Å². The van der Waals surface area contributed by atoms with Crippen LogP contribution in [0.4, 0.5) is 0 Å². The van der Waals surface area contributed by atoms with Gasteiger partial charge >= 0.3 is 0 Å². The molecule has 1 spiro atoms. The van der Waals surface area contributed by atoms with Crippen molar-refractivity contribution in [3.05, 3.63) is 59.8 Å². The van der Waals surface area contributed by atoms with Crippen LogP contribution in [-0.2, 0) is 4.74 Å². The Morgan fingerprint density at radius 2 is 1.39 bits per heavy atom. The number of nitrogens with one attached hydrogen (secondary N) is 3. The van der Waals surface area contributed by atoms with Crippen molar-refractivity contribution in [2.24, 2.45) is 88.3 Å². The van der Waals surface area contributed by atoms with Crippen molar-refractivity contribution in [2.45, 2.75) is 198 Å². The fourth-order valence-corrected chi connectivity index (χ4v) is 19.1. The molecule has 9 fully saturated rings. The monoisotopic (exact) mass is 839 g/mol. The lowest BCUT2D eigenvalue weighted by molar-refractivity contribution is -0.219. The van der Waals surface area contributed by atoms with Gasteiger partial charge in [0.15, 0.2) is 0 Å². The maximum atomic E-state index is 10.8. The molecule has 0 aromatic heterocycles. The zero-order valence-electron chi connectivity index (χ0n) is 38.3. The van der Waals surface area contributed by atoms with E-state index in [1.54, 1.807) is 0 Å². The van der Waals surface area contributed by atoms with Crippen molar-refractivity contribution in [2.75, 3.05) is 0 Å². The summed E-state index contributed by atoms with van der Waals surface area (Å²) in [5.41, 5.74) is 3.61. The third-order valence-corrected chi connectivity index (χ3v) is 21.5. The first-order chi connectivity index (χ1) is 30.7. The molecule has 0 amide bonds. The summed E-state index contributed by atoms with van der Waals surface area (Å²) < 4.78 is 7.49. The first kappa shape index (κ1) is 41.5. The summed E-state index contributed by atoms with van der Waals surface area (Å²) in [5.74, 6) is 10.1. The van der Waals surface area contributed by atoms with Crippen LogP contribution < -0.4 is 16.0 Å². The summed E-state index contributed by atoms with van der Waals surface area (Å²) in [4.78, 5) is 0. The van der Waals surface area contributed by atoms with Gasteiger partial charge in [-0.1, -0.05) is 112 Å². The Hall–Kier alpha value is -1.97. The molecule has 0 aromatic carbocycles. The Bertz CT molecular complexity index is 1810. The van der Waals surface area contributed by atoms with E-state index in [9.17, 15) is 5.26 Å². The van der Waals surface area contributed by atoms with Crippen LogP contribution in [0.3, 0.4) is 0 Å². The summed E-state index contributed by atoms with van der Waals surface area (Å²) in [5, 5.41) is 23.2. The van der Waals surface area contributed by atoms with Gasteiger partial charge < -0.3 is 4.74 Å². The van der Waals surface area contributed by atoms with Crippen LogP contribution in [0.1, 0.15) is 167 Å². The van der Waals surface area contributed by atoms with Crippen LogP contribution in [0.2, 0.25) is 0 Å². The average Bonchev–Trinajstić information content (AvgIpc) is 3.64. The number of nitrogens with zero attached hydrogens (tertiary/aromatic N) is 1. The standard InChI is InChI=1S/C57H82N4O/c58-35-43-33-50-53(45-21-8-7-20-44(43)45)46-22-9-10-23-47(46)57(50)48-24-11-12-25-51(48)62-52-34-42(30-31-49(52)57)41-19-13-18-40(32-41)36-26-28-39(29-27-36)56-60-54(37-14-3-1-4-15-37)59-55(61-56)38-16-5-2-6-17-38/h3,11-12,14-15,24-26,38-56,59-61H,1-2,4-10,13,16-23,27-34H2. The molecule has 7 saturated carbocycles. The maximum absolute atomic E-state index is 10.8. The quantitative estimate of drug-likeness (QED) is 0.241. The van der Waals surface area contributed by atoms with Gasteiger partial charge in [-0.05, 0) is 191 Å². The minimum absolute atomic E-state index is 0.235. The molecule has 2 aliphatic heterocycles. The van der Waals surface area contributed by atoms with Crippen LogP contribution >= 0.6 is 0 Å². The summed E-state index contributed by atoms with van der Waals surface area (Å²) in [6, 6.07) is 3.01. The van der Waals surface area contributed by atoms with Gasteiger partial charge in [-0.25, -0.2) is 0 Å². The molecule has 0 aromatic rings. The third-order valence-electron chi connectivity index (χ3n) is 21.5. The van der Waals surface area contributed by atoms with Crippen molar-refractivity contribution in [1.82, 2.24) is 16.0 Å². The van der Waals surface area contributed by atoms with Gasteiger partial charge in [0.25, 0.3) is 0 Å². The Kier molecular flexibility index (Phi) is 11.8. The fraction of sp³-hybridized carbons (Fsp3) is 0.807. The summed E-state index contributed by atoms with van der Waals surface area (Å²) in [6.07, 6.45) is 57.0. The molecular formula is C57H82N4O. The molecule has 10 aliphatic carbocycles. The van der Waals surface area contributed by atoms with Crippen molar-refractivity contribution in [3.8, 4) is 6.07 Å². The van der Waals surface area contributed by atoms with E-state index in [2.05, 4.69) is 70.6 Å². The van der Waals surface area contributed by atoms with Crippen LogP contribution in [0, 0.1) is 99.6 Å². The smallest absolute Gasteiger partial charge is 0.0856 e. The fourth-order valence-electron chi connectivity index (χ4n) is 19.1. The first-order valence-corrected chi connectivity index (χ1v) is 27.4. The highest BCUT2D eigenvalue weighted by molar-refractivity contribution is 5.30. The van der Waals surface area contributed by atoms with E-state index in [1.807, 2.05) is 5.57 Å². The van der Waals surface area contributed by atoms with Crippen molar-refractivity contribution in [1.29, 1.82) is 5.26 Å². The molecule has 2 heterocycles. The second-order valence-electron chi connectivity index (χ2n) is 23.8.